The lowest BCUT2D eigenvalue weighted by Crippen LogP contribution is -2.26. The average Bonchev–Trinajstić information content (AvgIpc) is 2.31. The zero-order valence-electron chi connectivity index (χ0n) is 8.69. The second-order valence-electron chi connectivity index (χ2n) is 3.57. The topological polar surface area (TPSA) is 48.4 Å². The molecule has 1 fully saturated rings. The smallest absolute Gasteiger partial charge is 0.341 e. The maximum absolute atomic E-state index is 11.7. The summed E-state index contributed by atoms with van der Waals surface area (Å²) >= 11 is 5.87. The number of hydrogen-bond donors (Lipinski definition) is 0. The number of esters is 1. The molecule has 86 valence electrons. The van der Waals surface area contributed by atoms with E-state index in [1.165, 1.54) is 12.4 Å². The minimum Gasteiger partial charge on any atom is -0.459 e. The Hall–Kier alpha value is -1.13. The first-order chi connectivity index (χ1) is 7.77. The van der Waals surface area contributed by atoms with Gasteiger partial charge in [0.05, 0.1) is 23.8 Å². The van der Waals surface area contributed by atoms with E-state index in [0.29, 0.717) is 23.8 Å². The summed E-state index contributed by atoms with van der Waals surface area (Å²) in [6, 6.07) is 1.57. The molecule has 0 radical (unpaired) electrons. The zero-order valence-corrected chi connectivity index (χ0v) is 9.44. The second kappa shape index (κ2) is 5.27. The Kier molecular flexibility index (Phi) is 3.74. The third-order valence-corrected chi connectivity index (χ3v) is 2.76. The molecule has 0 atom stereocenters. The molecule has 1 aliphatic rings. The van der Waals surface area contributed by atoms with Gasteiger partial charge < -0.3 is 9.47 Å². The number of pyridine rings is 1. The van der Waals surface area contributed by atoms with Crippen molar-refractivity contribution >= 4 is 17.6 Å². The Morgan fingerprint density at radius 1 is 1.50 bits per heavy atom. The molecule has 0 saturated carbocycles. The van der Waals surface area contributed by atoms with Crippen LogP contribution in [0.3, 0.4) is 0 Å². The zero-order chi connectivity index (χ0) is 11.4. The van der Waals surface area contributed by atoms with Crippen LogP contribution >= 0.6 is 11.6 Å². The molecular weight excluding hydrogens is 230 g/mol. The fraction of sp³-hybridized carbons (Fsp3) is 0.455. The van der Waals surface area contributed by atoms with E-state index in [1.807, 2.05) is 0 Å². The average molecular weight is 242 g/mol. The first-order valence-corrected chi connectivity index (χ1v) is 5.53. The number of carbonyl (C=O) groups excluding carboxylic acids is 1. The van der Waals surface area contributed by atoms with Gasteiger partial charge in [-0.2, -0.15) is 0 Å². The lowest BCUT2D eigenvalue weighted by atomic mass is 10.1. The van der Waals surface area contributed by atoms with Crippen molar-refractivity contribution in [3.8, 4) is 0 Å². The molecule has 0 aliphatic carbocycles. The monoisotopic (exact) mass is 241 g/mol. The van der Waals surface area contributed by atoms with Crippen LogP contribution in [0.1, 0.15) is 23.2 Å². The lowest BCUT2D eigenvalue weighted by Gasteiger charge is -2.22. The molecule has 4 nitrogen and oxygen atoms in total. The molecule has 2 rings (SSSR count). The molecule has 1 aliphatic heterocycles. The van der Waals surface area contributed by atoms with E-state index >= 15 is 0 Å². The number of hydrogen-bond acceptors (Lipinski definition) is 4. The Morgan fingerprint density at radius 3 is 2.94 bits per heavy atom. The van der Waals surface area contributed by atoms with Crippen molar-refractivity contribution in [2.24, 2.45) is 0 Å². The van der Waals surface area contributed by atoms with E-state index in [9.17, 15) is 4.79 Å². The maximum atomic E-state index is 11.7. The molecule has 5 heteroatoms. The molecule has 0 aromatic carbocycles. The highest BCUT2D eigenvalue weighted by molar-refractivity contribution is 6.33. The van der Waals surface area contributed by atoms with E-state index in [1.54, 1.807) is 6.07 Å². The summed E-state index contributed by atoms with van der Waals surface area (Å²) in [5, 5.41) is 0.368. The summed E-state index contributed by atoms with van der Waals surface area (Å²) in [6.45, 7) is 1.28. The Bertz CT molecular complexity index is 377. The summed E-state index contributed by atoms with van der Waals surface area (Å²) in [7, 11) is 0. The van der Waals surface area contributed by atoms with Gasteiger partial charge in [-0.25, -0.2) is 4.79 Å². The van der Waals surface area contributed by atoms with Gasteiger partial charge in [0, 0.05) is 25.2 Å². The molecule has 2 heterocycles. The van der Waals surface area contributed by atoms with Gasteiger partial charge in [-0.05, 0) is 6.07 Å². The third-order valence-electron chi connectivity index (χ3n) is 2.43. The van der Waals surface area contributed by atoms with Crippen molar-refractivity contribution in [3.05, 3.63) is 29.0 Å². The minimum absolute atomic E-state index is 0.0717. The standard InChI is InChI=1S/C11H12ClNO3/c12-10-1-4-13-7-9(10)11(14)16-8-2-5-15-6-3-8/h1,4,7-8H,2-3,5-6H2. The van der Waals surface area contributed by atoms with Gasteiger partial charge in [-0.3, -0.25) is 4.98 Å². The molecule has 0 bridgehead atoms. The molecule has 16 heavy (non-hydrogen) atoms. The number of nitrogens with zero attached hydrogens (tertiary/aromatic N) is 1. The number of ether oxygens (including phenoxy) is 2. The van der Waals surface area contributed by atoms with Gasteiger partial charge in [-0.1, -0.05) is 11.6 Å². The second-order valence-corrected chi connectivity index (χ2v) is 3.98. The predicted octanol–water partition coefficient (Wildman–Crippen LogP) is 2.07. The molecule has 1 aromatic rings. The molecule has 1 aromatic heterocycles. The van der Waals surface area contributed by atoms with Crippen LogP contribution in [-0.4, -0.2) is 30.3 Å². The fourth-order valence-electron chi connectivity index (χ4n) is 1.54. The molecule has 0 amide bonds. The predicted molar refractivity (Wildman–Crippen MR) is 58.5 cm³/mol. The SMILES string of the molecule is O=C(OC1CCOCC1)c1cnccc1Cl. The third kappa shape index (κ3) is 2.71. The van der Waals surface area contributed by atoms with E-state index in [0.717, 1.165) is 12.8 Å². The van der Waals surface area contributed by atoms with Crippen LogP contribution in [0.5, 0.6) is 0 Å². The first-order valence-electron chi connectivity index (χ1n) is 5.15. The van der Waals surface area contributed by atoms with E-state index < -0.39 is 5.97 Å². The molecule has 0 spiro atoms. The van der Waals surface area contributed by atoms with Gasteiger partial charge in [-0.15, -0.1) is 0 Å². The Morgan fingerprint density at radius 2 is 2.25 bits per heavy atom. The van der Waals surface area contributed by atoms with Crippen LogP contribution < -0.4 is 0 Å². The van der Waals surface area contributed by atoms with Gasteiger partial charge >= 0.3 is 5.97 Å². The van der Waals surface area contributed by atoms with E-state index in [4.69, 9.17) is 21.1 Å². The molecule has 0 N–H and O–H groups in total. The maximum Gasteiger partial charge on any atom is 0.341 e. The van der Waals surface area contributed by atoms with Gasteiger partial charge in [0.2, 0.25) is 0 Å². The number of halogens is 1. The van der Waals surface area contributed by atoms with Crippen LogP contribution in [-0.2, 0) is 9.47 Å². The van der Waals surface area contributed by atoms with Crippen LogP contribution in [0.4, 0.5) is 0 Å². The summed E-state index contributed by atoms with van der Waals surface area (Å²) in [6.07, 6.45) is 4.36. The van der Waals surface area contributed by atoms with Gasteiger partial charge in [0.1, 0.15) is 6.10 Å². The van der Waals surface area contributed by atoms with Crippen LogP contribution in [0, 0.1) is 0 Å². The molecular formula is C11H12ClNO3. The quantitative estimate of drug-likeness (QED) is 0.744. The van der Waals surface area contributed by atoms with Crippen molar-refractivity contribution < 1.29 is 14.3 Å². The summed E-state index contributed by atoms with van der Waals surface area (Å²) in [4.78, 5) is 15.6. The van der Waals surface area contributed by atoms with Gasteiger partial charge in [0.25, 0.3) is 0 Å². The lowest BCUT2D eigenvalue weighted by molar-refractivity contribution is -0.0159. The fourth-order valence-corrected chi connectivity index (χ4v) is 1.72. The number of aromatic nitrogens is 1. The van der Waals surface area contributed by atoms with Crippen molar-refractivity contribution in [1.82, 2.24) is 4.98 Å². The number of rotatable bonds is 2. The van der Waals surface area contributed by atoms with Crippen LogP contribution in [0.15, 0.2) is 18.5 Å². The van der Waals surface area contributed by atoms with Gasteiger partial charge in [0.15, 0.2) is 0 Å². The summed E-state index contributed by atoms with van der Waals surface area (Å²) in [5.74, 6) is -0.412. The first kappa shape index (κ1) is 11.4. The Labute approximate surface area is 98.5 Å². The summed E-state index contributed by atoms with van der Waals surface area (Å²) < 4.78 is 10.5. The normalized spacial score (nSPS) is 17.1. The van der Waals surface area contributed by atoms with Crippen LogP contribution in [0.2, 0.25) is 5.02 Å². The van der Waals surface area contributed by atoms with E-state index in [-0.39, 0.29) is 6.10 Å². The largest absolute Gasteiger partial charge is 0.459 e. The van der Waals surface area contributed by atoms with Crippen LogP contribution in [0.25, 0.3) is 0 Å². The highest BCUT2D eigenvalue weighted by Gasteiger charge is 2.20. The van der Waals surface area contributed by atoms with Crippen molar-refractivity contribution in [1.29, 1.82) is 0 Å². The minimum atomic E-state index is -0.412. The number of carbonyl (C=O) groups is 1. The highest BCUT2D eigenvalue weighted by atomic mass is 35.5. The Balaban J connectivity index is 2.00. The van der Waals surface area contributed by atoms with Crippen molar-refractivity contribution in [3.63, 3.8) is 0 Å². The van der Waals surface area contributed by atoms with E-state index in [2.05, 4.69) is 4.98 Å². The molecule has 0 unspecified atom stereocenters. The summed E-state index contributed by atoms with van der Waals surface area (Å²) in [5.41, 5.74) is 0.315. The van der Waals surface area contributed by atoms with Crippen molar-refractivity contribution in [2.45, 2.75) is 18.9 Å². The molecule has 1 saturated heterocycles. The highest BCUT2D eigenvalue weighted by Crippen LogP contribution is 2.18. The van der Waals surface area contributed by atoms with Crippen molar-refractivity contribution in [2.75, 3.05) is 13.2 Å².